The highest BCUT2D eigenvalue weighted by Gasteiger charge is 2.49. The summed E-state index contributed by atoms with van der Waals surface area (Å²) in [5.41, 5.74) is -0.594. The number of amides is 2. The molecule has 1 fully saturated rings. The molecule has 2 amide bonds. The minimum atomic E-state index is -1.16. The molecular weight excluding hydrogens is 236 g/mol. The molecule has 17 heavy (non-hydrogen) atoms. The molecule has 5 heteroatoms. The quantitative estimate of drug-likeness (QED) is 0.339. The first-order valence-corrected chi connectivity index (χ1v) is 6.18. The van der Waals surface area contributed by atoms with Gasteiger partial charge in [-0.1, -0.05) is 38.3 Å². The van der Waals surface area contributed by atoms with E-state index in [1.807, 2.05) is 0 Å². The molecule has 0 atom stereocenters. The van der Waals surface area contributed by atoms with E-state index < -0.39 is 5.41 Å². The molecule has 0 bridgehead atoms. The lowest BCUT2D eigenvalue weighted by atomic mass is 9.74. The van der Waals surface area contributed by atoms with Crippen molar-refractivity contribution in [1.82, 2.24) is 10.6 Å². The number of carbonyl (C=O) groups excluding carboxylic acids is 2. The third kappa shape index (κ3) is 2.54. The summed E-state index contributed by atoms with van der Waals surface area (Å²) < 4.78 is 0. The Hall–Kier alpha value is -1.23. The van der Waals surface area contributed by atoms with Crippen molar-refractivity contribution < 1.29 is 9.59 Å². The molecule has 1 saturated heterocycles. The summed E-state index contributed by atoms with van der Waals surface area (Å²) >= 11 is 4.79. The largest absolute Gasteiger partial charge is 0.302 e. The van der Waals surface area contributed by atoms with Crippen molar-refractivity contribution in [2.75, 3.05) is 0 Å². The van der Waals surface area contributed by atoms with E-state index in [1.54, 1.807) is 6.92 Å². The standard InChI is InChI=1S/C12H18N2O2S/c1-4-5-6-7-12(8(2)3)9(15)13-11(17)14-10(12)16/h2,4-7H2,1,3H3,(H2,13,14,15,16,17). The molecule has 1 rings (SSSR count). The Bertz CT molecular complexity index is 357. The van der Waals surface area contributed by atoms with Crippen LogP contribution >= 0.6 is 12.2 Å². The zero-order valence-electron chi connectivity index (χ0n) is 10.3. The second-order valence-corrected chi connectivity index (χ2v) is 4.79. The first-order chi connectivity index (χ1) is 7.95. The smallest absolute Gasteiger partial charge is 0.245 e. The van der Waals surface area contributed by atoms with Crippen molar-refractivity contribution in [2.24, 2.45) is 5.41 Å². The van der Waals surface area contributed by atoms with E-state index in [2.05, 4.69) is 24.1 Å². The van der Waals surface area contributed by atoms with Gasteiger partial charge < -0.3 is 10.6 Å². The van der Waals surface area contributed by atoms with Crippen LogP contribution in [0.5, 0.6) is 0 Å². The summed E-state index contributed by atoms with van der Waals surface area (Å²) in [7, 11) is 0. The predicted molar refractivity (Wildman–Crippen MR) is 70.3 cm³/mol. The topological polar surface area (TPSA) is 58.2 Å². The average molecular weight is 254 g/mol. The van der Waals surface area contributed by atoms with Gasteiger partial charge in [-0.2, -0.15) is 0 Å². The van der Waals surface area contributed by atoms with E-state index in [0.29, 0.717) is 12.0 Å². The van der Waals surface area contributed by atoms with Crippen LogP contribution in [0.4, 0.5) is 0 Å². The normalized spacial score (nSPS) is 18.6. The van der Waals surface area contributed by atoms with Gasteiger partial charge >= 0.3 is 0 Å². The maximum absolute atomic E-state index is 12.1. The van der Waals surface area contributed by atoms with Crippen molar-refractivity contribution in [1.29, 1.82) is 0 Å². The number of rotatable bonds is 5. The van der Waals surface area contributed by atoms with Crippen LogP contribution in [-0.4, -0.2) is 16.9 Å². The number of carbonyl (C=O) groups is 2. The van der Waals surface area contributed by atoms with Gasteiger partial charge in [-0.05, 0) is 25.6 Å². The van der Waals surface area contributed by atoms with Gasteiger partial charge in [-0.3, -0.25) is 9.59 Å². The molecular formula is C12H18N2O2S. The Morgan fingerprint density at radius 2 is 1.82 bits per heavy atom. The summed E-state index contributed by atoms with van der Waals surface area (Å²) in [5.74, 6) is -0.704. The van der Waals surface area contributed by atoms with Crippen molar-refractivity contribution in [2.45, 2.75) is 39.5 Å². The van der Waals surface area contributed by atoms with Gasteiger partial charge in [-0.15, -0.1) is 0 Å². The molecule has 4 nitrogen and oxygen atoms in total. The lowest BCUT2D eigenvalue weighted by Gasteiger charge is -2.35. The summed E-state index contributed by atoms with van der Waals surface area (Å²) in [5, 5.41) is 5.09. The van der Waals surface area contributed by atoms with Gasteiger partial charge in [0.15, 0.2) is 5.11 Å². The average Bonchev–Trinajstić information content (AvgIpc) is 2.21. The number of unbranched alkanes of at least 4 members (excludes halogenated alkanes) is 2. The Kier molecular flexibility index (Phi) is 4.40. The minimum absolute atomic E-state index is 0.0763. The van der Waals surface area contributed by atoms with Crippen LogP contribution in [0, 0.1) is 5.41 Å². The lowest BCUT2D eigenvalue weighted by Crippen LogP contribution is -2.62. The molecule has 94 valence electrons. The van der Waals surface area contributed by atoms with Crippen LogP contribution in [0.1, 0.15) is 39.5 Å². The second-order valence-electron chi connectivity index (χ2n) is 4.38. The fourth-order valence-electron chi connectivity index (χ4n) is 2.02. The fourth-order valence-corrected chi connectivity index (χ4v) is 2.21. The van der Waals surface area contributed by atoms with Gasteiger partial charge in [0.2, 0.25) is 11.8 Å². The second kappa shape index (κ2) is 5.40. The number of thiocarbonyl (C=S) groups is 1. The summed E-state index contributed by atoms with van der Waals surface area (Å²) in [6.45, 7) is 7.57. The van der Waals surface area contributed by atoms with Crippen molar-refractivity contribution in [3.05, 3.63) is 12.2 Å². The molecule has 1 heterocycles. The van der Waals surface area contributed by atoms with Crippen LogP contribution in [0.15, 0.2) is 12.2 Å². The van der Waals surface area contributed by atoms with Crippen LogP contribution in [0.25, 0.3) is 0 Å². The summed E-state index contributed by atoms with van der Waals surface area (Å²) in [6, 6.07) is 0. The molecule has 0 aliphatic carbocycles. The summed E-state index contributed by atoms with van der Waals surface area (Å²) in [4.78, 5) is 24.1. The van der Waals surface area contributed by atoms with Gasteiger partial charge in [0.05, 0.1) is 0 Å². The van der Waals surface area contributed by atoms with E-state index in [-0.39, 0.29) is 16.9 Å². The molecule has 0 aromatic heterocycles. The molecule has 0 unspecified atom stereocenters. The molecule has 0 saturated carbocycles. The molecule has 2 N–H and O–H groups in total. The van der Waals surface area contributed by atoms with E-state index in [4.69, 9.17) is 12.2 Å². The predicted octanol–water partition coefficient (Wildman–Crippen LogP) is 1.66. The highest BCUT2D eigenvalue weighted by molar-refractivity contribution is 7.80. The molecule has 0 radical (unpaired) electrons. The Morgan fingerprint density at radius 3 is 2.24 bits per heavy atom. The zero-order chi connectivity index (χ0) is 13.1. The maximum atomic E-state index is 12.1. The number of hydrogen-bond donors (Lipinski definition) is 2. The Labute approximate surface area is 107 Å². The van der Waals surface area contributed by atoms with Gasteiger partial charge in [0, 0.05) is 0 Å². The highest BCUT2D eigenvalue weighted by atomic mass is 32.1. The van der Waals surface area contributed by atoms with Crippen molar-refractivity contribution in [3.8, 4) is 0 Å². The third-order valence-corrected chi connectivity index (χ3v) is 3.32. The fraction of sp³-hybridized carbons (Fsp3) is 0.583. The molecule has 1 aliphatic heterocycles. The molecule has 0 spiro atoms. The van der Waals surface area contributed by atoms with Crippen LogP contribution in [0.3, 0.4) is 0 Å². The molecule has 0 aromatic carbocycles. The molecule has 1 aliphatic rings. The van der Waals surface area contributed by atoms with Crippen LogP contribution in [0.2, 0.25) is 0 Å². The van der Waals surface area contributed by atoms with Gasteiger partial charge in [0.1, 0.15) is 5.41 Å². The molecule has 0 aromatic rings. The van der Waals surface area contributed by atoms with Gasteiger partial charge in [-0.25, -0.2) is 0 Å². The van der Waals surface area contributed by atoms with E-state index in [1.165, 1.54) is 0 Å². The highest BCUT2D eigenvalue weighted by Crippen LogP contribution is 2.34. The van der Waals surface area contributed by atoms with Crippen molar-refractivity contribution >= 4 is 29.1 Å². The van der Waals surface area contributed by atoms with Crippen LogP contribution < -0.4 is 10.6 Å². The zero-order valence-corrected chi connectivity index (χ0v) is 11.1. The summed E-state index contributed by atoms with van der Waals surface area (Å²) in [6.07, 6.45) is 3.32. The van der Waals surface area contributed by atoms with Crippen molar-refractivity contribution in [3.63, 3.8) is 0 Å². The third-order valence-electron chi connectivity index (χ3n) is 3.11. The lowest BCUT2D eigenvalue weighted by molar-refractivity contribution is -0.141. The monoisotopic (exact) mass is 254 g/mol. The first-order valence-electron chi connectivity index (χ1n) is 5.78. The maximum Gasteiger partial charge on any atom is 0.245 e. The minimum Gasteiger partial charge on any atom is -0.302 e. The Balaban J connectivity index is 2.96. The van der Waals surface area contributed by atoms with E-state index >= 15 is 0 Å². The van der Waals surface area contributed by atoms with Crippen LogP contribution in [-0.2, 0) is 9.59 Å². The van der Waals surface area contributed by atoms with Gasteiger partial charge in [0.25, 0.3) is 0 Å². The Morgan fingerprint density at radius 1 is 1.29 bits per heavy atom. The number of hydrogen-bond acceptors (Lipinski definition) is 3. The SMILES string of the molecule is C=C(C)C1(CCCCC)C(=O)NC(=S)NC1=O. The van der Waals surface area contributed by atoms with E-state index in [0.717, 1.165) is 19.3 Å². The first kappa shape index (κ1) is 13.8. The van der Waals surface area contributed by atoms with E-state index in [9.17, 15) is 9.59 Å². The number of nitrogens with one attached hydrogen (secondary N) is 2.